The molecule has 9 aromatic rings. The van der Waals surface area contributed by atoms with Gasteiger partial charge in [-0.3, -0.25) is 28.1 Å². The predicted molar refractivity (Wildman–Crippen MR) is 265 cm³/mol. The van der Waals surface area contributed by atoms with E-state index in [0.717, 1.165) is 0 Å². The summed E-state index contributed by atoms with van der Waals surface area (Å²) >= 11 is 12.2. The molecule has 0 saturated carbocycles. The molecule has 0 spiro atoms. The zero-order chi connectivity index (χ0) is 48.1. The van der Waals surface area contributed by atoms with Gasteiger partial charge in [-0.1, -0.05) is 35.3 Å². The molecular weight excluding hydrogens is 893 g/mol. The Labute approximate surface area is 395 Å². The summed E-state index contributed by atoms with van der Waals surface area (Å²) in [7, 11) is 0. The third kappa shape index (κ3) is 10.0. The third-order valence-corrected chi connectivity index (χ3v) is 11.1. The molecule has 0 aliphatic carbocycles. The van der Waals surface area contributed by atoms with Gasteiger partial charge in [0.05, 0.1) is 11.6 Å². The number of hydrogen-bond acceptors (Lipinski definition) is 10. The van der Waals surface area contributed by atoms with E-state index < -0.39 is 0 Å². The Hall–Kier alpha value is -7.16. The first kappa shape index (κ1) is 47.8. The van der Waals surface area contributed by atoms with Gasteiger partial charge in [0, 0.05) is 58.4 Å². The number of nitrogens with zero attached hydrogens (tertiary/aromatic N) is 9. The largest absolute Gasteiger partial charge is 0.493 e. The summed E-state index contributed by atoms with van der Waals surface area (Å²) in [5.41, 5.74) is 6.76. The van der Waals surface area contributed by atoms with Crippen molar-refractivity contribution in [3.05, 3.63) is 168 Å². The summed E-state index contributed by atoms with van der Waals surface area (Å²) in [6, 6.07) is 27.6. The van der Waals surface area contributed by atoms with E-state index in [9.17, 15) is 18.8 Å². The summed E-state index contributed by atoms with van der Waals surface area (Å²) in [6.07, 6.45) is 4.97. The van der Waals surface area contributed by atoms with Crippen molar-refractivity contribution in [2.24, 2.45) is 0 Å². The van der Waals surface area contributed by atoms with Crippen LogP contribution in [-0.2, 0) is 0 Å². The van der Waals surface area contributed by atoms with Crippen LogP contribution in [0.25, 0.3) is 67.3 Å². The van der Waals surface area contributed by atoms with Crippen molar-refractivity contribution in [1.82, 2.24) is 43.6 Å². The second-order valence-electron chi connectivity index (χ2n) is 16.2. The zero-order valence-corrected chi connectivity index (χ0v) is 39.7. The first-order valence-corrected chi connectivity index (χ1v) is 22.4. The van der Waals surface area contributed by atoms with E-state index in [1.54, 1.807) is 75.6 Å². The number of aromatic nitrogens is 9. The van der Waals surface area contributed by atoms with Gasteiger partial charge >= 0.3 is 0 Å². The Bertz CT molecular complexity index is 3310. The summed E-state index contributed by atoms with van der Waals surface area (Å²) in [4.78, 5) is 65.0. The van der Waals surface area contributed by atoms with Crippen LogP contribution < -0.4 is 21.4 Å². The van der Waals surface area contributed by atoms with Gasteiger partial charge in [0.2, 0.25) is 0 Å². The molecule has 0 amide bonds. The summed E-state index contributed by atoms with van der Waals surface area (Å²) in [5.74, 6) is 0.339. The van der Waals surface area contributed by atoms with Gasteiger partial charge in [0.15, 0.2) is 16.9 Å². The van der Waals surface area contributed by atoms with E-state index in [1.807, 2.05) is 97.0 Å². The number of rotatable bonds is 8. The Morgan fingerprint density at radius 2 is 0.985 bits per heavy atom. The average molecular weight is 941 g/mol. The first-order chi connectivity index (χ1) is 32.1. The number of aryl methyl sites for hydroxylation is 1. The van der Waals surface area contributed by atoms with Gasteiger partial charge in [0.1, 0.15) is 45.2 Å². The van der Waals surface area contributed by atoms with E-state index in [4.69, 9.17) is 27.9 Å². The van der Waals surface area contributed by atoms with Crippen LogP contribution >= 0.6 is 23.2 Å². The van der Waals surface area contributed by atoms with Crippen LogP contribution in [0.2, 0.25) is 10.0 Å². The molecule has 67 heavy (non-hydrogen) atoms. The fourth-order valence-electron chi connectivity index (χ4n) is 7.60. The molecule has 6 heterocycles. The van der Waals surface area contributed by atoms with Gasteiger partial charge in [-0.2, -0.15) is 0 Å². The van der Waals surface area contributed by atoms with Crippen molar-refractivity contribution in [3.8, 4) is 39.5 Å². The fourth-order valence-corrected chi connectivity index (χ4v) is 8.10. The van der Waals surface area contributed by atoms with Gasteiger partial charge in [-0.25, -0.2) is 34.3 Å². The molecule has 0 fully saturated rings. The van der Waals surface area contributed by atoms with Crippen molar-refractivity contribution in [2.45, 2.75) is 73.5 Å². The van der Waals surface area contributed by atoms with Crippen molar-refractivity contribution in [3.63, 3.8) is 0 Å². The minimum absolute atomic E-state index is 0.0131. The molecule has 342 valence electrons. The van der Waals surface area contributed by atoms with Crippen LogP contribution in [0.3, 0.4) is 0 Å². The normalized spacial score (nSPS) is 11.3. The highest BCUT2D eigenvalue weighted by Gasteiger charge is 2.20. The van der Waals surface area contributed by atoms with Crippen molar-refractivity contribution >= 4 is 56.7 Å². The lowest BCUT2D eigenvalue weighted by molar-refractivity contribution is 0.341. The quantitative estimate of drug-likeness (QED) is 0.144. The monoisotopic (exact) mass is 939 g/mol. The molecule has 9 rings (SSSR count). The Morgan fingerprint density at radius 3 is 1.42 bits per heavy atom. The molecule has 6 aromatic heterocycles. The highest BCUT2D eigenvalue weighted by atomic mass is 35.5. The number of benzene rings is 3. The summed E-state index contributed by atoms with van der Waals surface area (Å²) in [5, 5.41) is 0.913. The first-order valence-electron chi connectivity index (χ1n) is 21.7. The predicted octanol–water partition coefficient (Wildman–Crippen LogP) is 11.3. The van der Waals surface area contributed by atoms with E-state index in [0.29, 0.717) is 95.2 Å². The average Bonchev–Trinajstić information content (AvgIpc) is 3.29. The van der Waals surface area contributed by atoms with Crippen molar-refractivity contribution < 1.29 is 9.13 Å². The Balaban J connectivity index is 0.000000149. The van der Waals surface area contributed by atoms with Crippen LogP contribution in [0, 0.1) is 12.7 Å². The lowest BCUT2D eigenvalue weighted by atomic mass is 10.1. The molecule has 0 saturated heterocycles. The van der Waals surface area contributed by atoms with E-state index in [2.05, 4.69) is 29.9 Å². The molecule has 16 heteroatoms. The number of halogens is 3. The maximum atomic E-state index is 13.3. The number of fused-ring (bicyclic) bond motifs is 3. The maximum Gasteiger partial charge on any atom is 0.279 e. The number of hydrogen-bond donors (Lipinski definition) is 0. The lowest BCUT2D eigenvalue weighted by Crippen LogP contribution is -2.26. The lowest BCUT2D eigenvalue weighted by Gasteiger charge is -2.15. The van der Waals surface area contributed by atoms with Crippen LogP contribution in [-0.4, -0.2) is 50.2 Å². The standard InChI is InChI=1S/C18H19N3O2.C17H16FN3O.C16H13Cl2N3O/c1-4-23-15-10-6-5-8-13(15)16-18(22)21(12(2)3)17-14(20-16)9-7-11-19-17;1-10(2)21-16-14(5-4-8-19-16)20-15(17(21)22)13-7-6-12(18)9-11(13)3;1-9(2)21-15-13(4-3-7-19-15)20-14(16(21)22)11-6-5-10(17)8-12(11)18/h5-12H,4H2,1-3H3;4-10H,1-3H3;3-9H,1-2H3. The minimum Gasteiger partial charge on any atom is -0.493 e. The molecule has 0 N–H and O–H groups in total. The van der Waals surface area contributed by atoms with Crippen LogP contribution in [0.5, 0.6) is 5.75 Å². The number of para-hydroxylation sites is 1. The molecule has 0 bridgehead atoms. The van der Waals surface area contributed by atoms with E-state index >= 15 is 0 Å². The second kappa shape index (κ2) is 20.6. The molecule has 13 nitrogen and oxygen atoms in total. The molecule has 0 aliphatic heterocycles. The Morgan fingerprint density at radius 1 is 0.552 bits per heavy atom. The maximum absolute atomic E-state index is 13.3. The van der Waals surface area contributed by atoms with Crippen LogP contribution in [0.15, 0.2) is 130 Å². The van der Waals surface area contributed by atoms with Crippen molar-refractivity contribution in [1.29, 1.82) is 0 Å². The summed E-state index contributed by atoms with van der Waals surface area (Å²) < 4.78 is 23.9. The van der Waals surface area contributed by atoms with E-state index in [1.165, 1.54) is 12.1 Å². The fraction of sp³-hybridized carbons (Fsp3) is 0.235. The molecule has 0 radical (unpaired) electrons. The minimum atomic E-state index is -0.326. The number of ether oxygens (including phenoxy) is 1. The molecule has 0 aliphatic rings. The smallest absolute Gasteiger partial charge is 0.279 e. The van der Waals surface area contributed by atoms with Gasteiger partial charge in [-0.05, 0) is 146 Å². The molecular formula is C51H48Cl2FN9O4. The highest BCUT2D eigenvalue weighted by molar-refractivity contribution is 6.36. The van der Waals surface area contributed by atoms with E-state index in [-0.39, 0.29) is 40.6 Å². The second-order valence-corrected chi connectivity index (χ2v) is 17.1. The van der Waals surface area contributed by atoms with Gasteiger partial charge in [-0.15, -0.1) is 0 Å². The van der Waals surface area contributed by atoms with Crippen LogP contribution in [0.4, 0.5) is 4.39 Å². The SMILES string of the molecule is CC(C)n1c(=O)c(-c2ccc(Cl)cc2Cl)nc2cccnc21.CCOc1ccccc1-c1nc2cccnc2n(C(C)C)c1=O.Cc1cc(F)ccc1-c1nc2cccnc2n(C(C)C)c1=O. The summed E-state index contributed by atoms with van der Waals surface area (Å²) in [6.45, 7) is 15.9. The topological polar surface area (TPSA) is 153 Å². The molecule has 3 aromatic carbocycles. The third-order valence-electron chi connectivity index (χ3n) is 10.6. The highest BCUT2D eigenvalue weighted by Crippen LogP contribution is 2.30. The van der Waals surface area contributed by atoms with Gasteiger partial charge in [0.25, 0.3) is 16.7 Å². The molecule has 0 unspecified atom stereocenters. The van der Waals surface area contributed by atoms with Crippen molar-refractivity contribution in [2.75, 3.05) is 6.61 Å². The Kier molecular flexibility index (Phi) is 14.7. The van der Waals surface area contributed by atoms with Crippen LogP contribution in [0.1, 0.15) is 72.2 Å². The zero-order valence-electron chi connectivity index (χ0n) is 38.2. The molecule has 0 atom stereocenters. The van der Waals surface area contributed by atoms with Gasteiger partial charge < -0.3 is 4.74 Å². The number of pyridine rings is 3.